The van der Waals surface area contributed by atoms with Crippen molar-refractivity contribution in [2.24, 2.45) is 7.05 Å². The number of hydrogen-bond donors (Lipinski definition) is 1. The van der Waals surface area contributed by atoms with Gasteiger partial charge in [0.25, 0.3) is 0 Å². The summed E-state index contributed by atoms with van der Waals surface area (Å²) in [5.74, 6) is 1.58. The van der Waals surface area contributed by atoms with E-state index in [0.717, 1.165) is 42.3 Å². The Balaban J connectivity index is 2.14. The van der Waals surface area contributed by atoms with Gasteiger partial charge in [-0.3, -0.25) is 9.67 Å². The lowest BCUT2D eigenvalue weighted by atomic mass is 10.2. The van der Waals surface area contributed by atoms with Crippen molar-refractivity contribution in [1.82, 2.24) is 20.1 Å². The molecule has 0 aromatic carbocycles. The average Bonchev–Trinajstić information content (AvgIpc) is 2.78. The fraction of sp³-hybridized carbons (Fsp3) is 0.429. The summed E-state index contributed by atoms with van der Waals surface area (Å²) in [5, 5.41) is 7.46. The zero-order valence-electron chi connectivity index (χ0n) is 11.7. The lowest BCUT2D eigenvalue weighted by molar-refractivity contribution is 0.470. The van der Waals surface area contributed by atoms with E-state index in [1.54, 1.807) is 10.9 Å². The van der Waals surface area contributed by atoms with Gasteiger partial charge < -0.3 is 10.1 Å². The summed E-state index contributed by atoms with van der Waals surface area (Å²) in [4.78, 5) is 4.32. The zero-order chi connectivity index (χ0) is 13.7. The Morgan fingerprint density at radius 2 is 2.21 bits per heavy atom. The van der Waals surface area contributed by atoms with E-state index < -0.39 is 0 Å². The summed E-state index contributed by atoms with van der Waals surface area (Å²) >= 11 is 0. The van der Waals surface area contributed by atoms with Crippen molar-refractivity contribution >= 4 is 0 Å². The second-order valence-corrected chi connectivity index (χ2v) is 4.56. The van der Waals surface area contributed by atoms with E-state index in [1.165, 1.54) is 0 Å². The molecule has 0 unspecified atom stereocenters. The first-order chi connectivity index (χ1) is 9.19. The minimum Gasteiger partial charge on any atom is -0.454 e. The number of rotatable bonds is 6. The molecular weight excluding hydrogens is 240 g/mol. The molecular formula is C14H20N4O. The second-order valence-electron chi connectivity index (χ2n) is 4.56. The minimum absolute atomic E-state index is 0.741. The number of pyridine rings is 1. The lowest BCUT2D eigenvalue weighted by Crippen LogP contribution is -2.14. The van der Waals surface area contributed by atoms with Gasteiger partial charge in [0, 0.05) is 37.1 Å². The molecule has 2 rings (SSSR count). The Morgan fingerprint density at radius 3 is 2.89 bits per heavy atom. The van der Waals surface area contributed by atoms with Crippen LogP contribution in [0.2, 0.25) is 0 Å². The van der Waals surface area contributed by atoms with Crippen LogP contribution in [0.25, 0.3) is 0 Å². The summed E-state index contributed by atoms with van der Waals surface area (Å²) < 4.78 is 7.60. The molecule has 5 heteroatoms. The maximum atomic E-state index is 5.88. The molecule has 0 fully saturated rings. The van der Waals surface area contributed by atoms with Gasteiger partial charge in [0.1, 0.15) is 5.75 Å². The second kappa shape index (κ2) is 6.33. The van der Waals surface area contributed by atoms with Crippen molar-refractivity contribution in [3.63, 3.8) is 0 Å². The molecule has 0 aliphatic rings. The van der Waals surface area contributed by atoms with Crippen LogP contribution in [0.1, 0.15) is 24.6 Å². The Hall–Kier alpha value is -1.88. The number of aryl methyl sites for hydroxylation is 2. The first kappa shape index (κ1) is 13.5. The van der Waals surface area contributed by atoms with Gasteiger partial charge in [-0.05, 0) is 19.9 Å². The highest BCUT2D eigenvalue weighted by Crippen LogP contribution is 2.25. The Labute approximate surface area is 113 Å². The van der Waals surface area contributed by atoms with Crippen molar-refractivity contribution in [2.75, 3.05) is 6.54 Å². The molecule has 102 valence electrons. The maximum absolute atomic E-state index is 5.88. The van der Waals surface area contributed by atoms with Crippen molar-refractivity contribution in [1.29, 1.82) is 0 Å². The normalized spacial score (nSPS) is 10.7. The zero-order valence-corrected chi connectivity index (χ0v) is 11.7. The van der Waals surface area contributed by atoms with Gasteiger partial charge in [0.2, 0.25) is 0 Å². The first-order valence-electron chi connectivity index (χ1n) is 6.51. The predicted octanol–water partition coefficient (Wildman–Crippen LogP) is 2.42. The van der Waals surface area contributed by atoms with Gasteiger partial charge in [-0.15, -0.1) is 0 Å². The minimum atomic E-state index is 0.741. The Bertz CT molecular complexity index is 536. The lowest BCUT2D eigenvalue weighted by Gasteiger charge is -2.11. The number of nitrogens with zero attached hydrogens (tertiary/aromatic N) is 3. The van der Waals surface area contributed by atoms with Crippen molar-refractivity contribution in [2.45, 2.75) is 26.8 Å². The van der Waals surface area contributed by atoms with E-state index >= 15 is 0 Å². The molecule has 0 saturated carbocycles. The number of hydrogen-bond acceptors (Lipinski definition) is 4. The molecule has 0 radical (unpaired) electrons. The van der Waals surface area contributed by atoms with Crippen LogP contribution in [0.4, 0.5) is 0 Å². The van der Waals surface area contributed by atoms with E-state index in [1.807, 2.05) is 32.4 Å². The van der Waals surface area contributed by atoms with Crippen LogP contribution in [0.15, 0.2) is 24.7 Å². The first-order valence-corrected chi connectivity index (χ1v) is 6.51. The molecule has 0 saturated heterocycles. The summed E-state index contributed by atoms with van der Waals surface area (Å²) in [6, 6.07) is 1.95. The van der Waals surface area contributed by atoms with E-state index in [2.05, 4.69) is 22.3 Å². The van der Waals surface area contributed by atoms with Crippen molar-refractivity contribution in [3.8, 4) is 11.5 Å². The molecule has 0 spiro atoms. The SMILES string of the molecule is CCCNCc1cnc(C)cc1Oc1cnn(C)c1. The molecule has 5 nitrogen and oxygen atoms in total. The molecule has 1 N–H and O–H groups in total. The molecule has 19 heavy (non-hydrogen) atoms. The highest BCUT2D eigenvalue weighted by Gasteiger charge is 2.07. The van der Waals surface area contributed by atoms with Crippen molar-refractivity contribution in [3.05, 3.63) is 35.9 Å². The van der Waals surface area contributed by atoms with Crippen LogP contribution in [-0.4, -0.2) is 21.3 Å². The fourth-order valence-corrected chi connectivity index (χ4v) is 1.77. The smallest absolute Gasteiger partial charge is 0.165 e. The summed E-state index contributed by atoms with van der Waals surface area (Å²) in [6.45, 7) is 5.85. The van der Waals surface area contributed by atoms with Crippen LogP contribution in [0.3, 0.4) is 0 Å². The topological polar surface area (TPSA) is 52.0 Å². The summed E-state index contributed by atoms with van der Waals surface area (Å²) in [5.41, 5.74) is 2.00. The summed E-state index contributed by atoms with van der Waals surface area (Å²) in [7, 11) is 1.87. The third-order valence-electron chi connectivity index (χ3n) is 2.73. The third kappa shape index (κ3) is 3.79. The largest absolute Gasteiger partial charge is 0.454 e. The van der Waals surface area contributed by atoms with Gasteiger partial charge in [-0.1, -0.05) is 6.92 Å². The van der Waals surface area contributed by atoms with Crippen LogP contribution in [0.5, 0.6) is 11.5 Å². The molecule has 0 amide bonds. The van der Waals surface area contributed by atoms with Gasteiger partial charge in [0.15, 0.2) is 5.75 Å². The van der Waals surface area contributed by atoms with Gasteiger partial charge >= 0.3 is 0 Å². The van der Waals surface area contributed by atoms with Gasteiger partial charge in [-0.2, -0.15) is 5.10 Å². The molecule has 2 aromatic heterocycles. The molecule has 2 heterocycles. The van der Waals surface area contributed by atoms with E-state index in [0.29, 0.717) is 0 Å². The fourth-order valence-electron chi connectivity index (χ4n) is 1.77. The van der Waals surface area contributed by atoms with Gasteiger partial charge in [0.05, 0.1) is 12.4 Å². The predicted molar refractivity (Wildman–Crippen MR) is 74.3 cm³/mol. The van der Waals surface area contributed by atoms with E-state index in [-0.39, 0.29) is 0 Å². The van der Waals surface area contributed by atoms with Gasteiger partial charge in [-0.25, -0.2) is 0 Å². The van der Waals surface area contributed by atoms with E-state index in [9.17, 15) is 0 Å². The quantitative estimate of drug-likeness (QED) is 0.810. The maximum Gasteiger partial charge on any atom is 0.165 e. The molecule has 0 atom stereocenters. The average molecular weight is 260 g/mol. The van der Waals surface area contributed by atoms with E-state index in [4.69, 9.17) is 4.74 Å². The highest BCUT2D eigenvalue weighted by atomic mass is 16.5. The third-order valence-corrected chi connectivity index (χ3v) is 2.73. The Kier molecular flexibility index (Phi) is 4.52. The summed E-state index contributed by atoms with van der Waals surface area (Å²) in [6.07, 6.45) is 6.53. The molecule has 0 aliphatic heterocycles. The van der Waals surface area contributed by atoms with Crippen LogP contribution >= 0.6 is 0 Å². The van der Waals surface area contributed by atoms with Crippen molar-refractivity contribution < 1.29 is 4.74 Å². The standard InChI is InChI=1S/C14H20N4O/c1-4-5-15-7-12-8-16-11(2)6-14(12)19-13-9-17-18(3)10-13/h6,8-10,15H,4-5,7H2,1-3H3. The highest BCUT2D eigenvalue weighted by molar-refractivity contribution is 5.36. The molecule has 0 aliphatic carbocycles. The van der Waals surface area contributed by atoms with Crippen LogP contribution < -0.4 is 10.1 Å². The molecule has 2 aromatic rings. The number of ether oxygens (including phenoxy) is 1. The Morgan fingerprint density at radius 1 is 1.37 bits per heavy atom. The number of aromatic nitrogens is 3. The number of nitrogens with one attached hydrogen (secondary N) is 1. The monoisotopic (exact) mass is 260 g/mol. The van der Waals surface area contributed by atoms with Crippen LogP contribution in [-0.2, 0) is 13.6 Å². The molecule has 0 bridgehead atoms. The van der Waals surface area contributed by atoms with Crippen LogP contribution in [0, 0.1) is 6.92 Å².